The van der Waals surface area contributed by atoms with E-state index < -0.39 is 9.05 Å². The number of hydrogen-bond donors (Lipinski definition) is 0. The second kappa shape index (κ2) is 9.18. The molecule has 0 aromatic carbocycles. The first-order chi connectivity index (χ1) is 7.24. The average Bonchev–Trinajstić information content (AvgIpc) is 2.29. The molecule has 7 nitrogen and oxygen atoms in total. The van der Waals surface area contributed by atoms with Crippen molar-refractivity contribution in [2.45, 2.75) is 20.8 Å². The molecule has 15 heavy (non-hydrogen) atoms. The summed E-state index contributed by atoms with van der Waals surface area (Å²) in [5.41, 5.74) is 0. The second-order valence-corrected chi connectivity index (χ2v) is 4.08. The molecule has 0 aliphatic rings. The van der Waals surface area contributed by atoms with Crippen molar-refractivity contribution in [1.29, 1.82) is 0 Å². The average molecular weight is 242 g/mol. The second-order valence-electron chi connectivity index (χ2n) is 2.17. The number of hydrogen-bond acceptors (Lipinski definition) is 7. The summed E-state index contributed by atoms with van der Waals surface area (Å²) < 4.78 is 19.5. The van der Waals surface area contributed by atoms with Gasteiger partial charge >= 0.3 is 9.05 Å². The van der Waals surface area contributed by atoms with E-state index in [2.05, 4.69) is 0 Å². The van der Waals surface area contributed by atoms with E-state index in [1.807, 2.05) is 0 Å². The minimum absolute atomic E-state index is 0.322. The molecule has 92 valence electrons. The molecular formula is C7H18O7Si. The monoisotopic (exact) mass is 242 g/mol. The van der Waals surface area contributed by atoms with Gasteiger partial charge < -0.3 is 4.43 Å². The highest BCUT2D eigenvalue weighted by molar-refractivity contribution is 6.52. The molecule has 8 heteroatoms. The standard InChI is InChI=1S/C7H18O7Si/c1-5-9-12-15(8-4,13-10-6-2)14-11-7-3/h5-7H2,1-4H3. The highest BCUT2D eigenvalue weighted by atomic mass is 28.4. The molecule has 0 saturated carbocycles. The van der Waals surface area contributed by atoms with Gasteiger partial charge in [-0.25, -0.2) is 14.7 Å². The molecule has 0 aromatic rings. The van der Waals surface area contributed by atoms with Crippen LogP contribution in [0.2, 0.25) is 0 Å². The fourth-order valence-corrected chi connectivity index (χ4v) is 1.61. The fourth-order valence-electron chi connectivity index (χ4n) is 0.537. The lowest BCUT2D eigenvalue weighted by Gasteiger charge is -2.21. The van der Waals surface area contributed by atoms with Gasteiger partial charge in [0.05, 0.1) is 19.8 Å². The predicted octanol–water partition coefficient (Wildman–Crippen LogP) is 0.973. The third-order valence-electron chi connectivity index (χ3n) is 1.09. The highest BCUT2D eigenvalue weighted by Crippen LogP contribution is 2.12. The predicted molar refractivity (Wildman–Crippen MR) is 50.9 cm³/mol. The van der Waals surface area contributed by atoms with Crippen molar-refractivity contribution in [1.82, 2.24) is 0 Å². The zero-order valence-electron chi connectivity index (χ0n) is 9.48. The van der Waals surface area contributed by atoms with Gasteiger partial charge in [0.25, 0.3) is 0 Å². The minimum Gasteiger partial charge on any atom is -0.351 e. The van der Waals surface area contributed by atoms with Gasteiger partial charge in [0, 0.05) is 7.11 Å². The number of rotatable bonds is 10. The van der Waals surface area contributed by atoms with Crippen LogP contribution in [0.25, 0.3) is 0 Å². The Morgan fingerprint density at radius 3 is 1.27 bits per heavy atom. The van der Waals surface area contributed by atoms with Gasteiger partial charge in [-0.1, -0.05) is 0 Å². The van der Waals surface area contributed by atoms with Crippen LogP contribution in [0, 0.1) is 0 Å². The fraction of sp³-hybridized carbons (Fsp3) is 1.00. The van der Waals surface area contributed by atoms with E-state index in [0.29, 0.717) is 19.8 Å². The molecule has 0 aliphatic heterocycles. The van der Waals surface area contributed by atoms with Crippen molar-refractivity contribution in [3.05, 3.63) is 0 Å². The molecule has 0 heterocycles. The van der Waals surface area contributed by atoms with Gasteiger partial charge in [-0.2, -0.15) is 13.7 Å². The van der Waals surface area contributed by atoms with Crippen molar-refractivity contribution in [3.63, 3.8) is 0 Å². The molecule has 0 saturated heterocycles. The summed E-state index contributed by atoms with van der Waals surface area (Å²) in [5.74, 6) is 0. The third kappa shape index (κ3) is 6.17. The van der Waals surface area contributed by atoms with Crippen LogP contribution in [-0.4, -0.2) is 36.0 Å². The summed E-state index contributed by atoms with van der Waals surface area (Å²) in [7, 11) is -2.15. The van der Waals surface area contributed by atoms with E-state index in [-0.39, 0.29) is 0 Å². The van der Waals surface area contributed by atoms with Crippen molar-refractivity contribution < 1.29 is 32.8 Å². The maximum Gasteiger partial charge on any atom is 0.764 e. The SMILES string of the molecule is CCOO[Si](OC)(OOCC)OOCC. The molecule has 0 aromatic heterocycles. The van der Waals surface area contributed by atoms with Crippen molar-refractivity contribution >= 4 is 9.05 Å². The third-order valence-corrected chi connectivity index (χ3v) is 2.55. The van der Waals surface area contributed by atoms with Crippen molar-refractivity contribution in [2.24, 2.45) is 0 Å². The molecule has 0 amide bonds. The molecule has 0 N–H and O–H groups in total. The van der Waals surface area contributed by atoms with Crippen LogP contribution in [-0.2, 0) is 32.8 Å². The summed E-state index contributed by atoms with van der Waals surface area (Å²) in [6.07, 6.45) is 0. The van der Waals surface area contributed by atoms with E-state index in [1.165, 1.54) is 7.11 Å². The van der Waals surface area contributed by atoms with E-state index in [0.717, 1.165) is 0 Å². The van der Waals surface area contributed by atoms with E-state index in [9.17, 15) is 0 Å². The van der Waals surface area contributed by atoms with Crippen LogP contribution >= 0.6 is 0 Å². The zero-order chi connectivity index (χ0) is 11.6. The largest absolute Gasteiger partial charge is 0.764 e. The smallest absolute Gasteiger partial charge is 0.351 e. The van der Waals surface area contributed by atoms with Crippen LogP contribution in [0.1, 0.15) is 20.8 Å². The first kappa shape index (κ1) is 14.9. The first-order valence-electron chi connectivity index (χ1n) is 4.71. The molecule has 0 rings (SSSR count). The molecule has 0 fully saturated rings. The van der Waals surface area contributed by atoms with Crippen LogP contribution in [0.3, 0.4) is 0 Å². The lowest BCUT2D eigenvalue weighted by atomic mass is 10.9. The van der Waals surface area contributed by atoms with Crippen LogP contribution < -0.4 is 0 Å². The van der Waals surface area contributed by atoms with Gasteiger partial charge in [-0.15, -0.1) is 0 Å². The normalized spacial score (nSPS) is 12.0. The lowest BCUT2D eigenvalue weighted by Crippen LogP contribution is -2.48. The van der Waals surface area contributed by atoms with E-state index >= 15 is 0 Å². The summed E-state index contributed by atoms with van der Waals surface area (Å²) in [6, 6.07) is 0. The van der Waals surface area contributed by atoms with Gasteiger partial charge in [0.2, 0.25) is 0 Å². The summed E-state index contributed by atoms with van der Waals surface area (Å²) in [5, 5.41) is 0. The van der Waals surface area contributed by atoms with Gasteiger partial charge in [-0.05, 0) is 20.8 Å². The first-order valence-corrected chi connectivity index (χ1v) is 6.35. The Bertz CT molecular complexity index is 124. The molecule has 0 unspecified atom stereocenters. The van der Waals surface area contributed by atoms with E-state index in [1.54, 1.807) is 20.8 Å². The Labute approximate surface area is 90.4 Å². The van der Waals surface area contributed by atoms with Crippen molar-refractivity contribution in [3.8, 4) is 0 Å². The molecule has 0 bridgehead atoms. The zero-order valence-corrected chi connectivity index (χ0v) is 10.5. The Kier molecular flexibility index (Phi) is 9.15. The Hall–Kier alpha value is -0.0631. The molecule has 0 atom stereocenters. The maximum absolute atomic E-state index is 4.94. The van der Waals surface area contributed by atoms with Crippen LogP contribution in [0.15, 0.2) is 0 Å². The quantitative estimate of drug-likeness (QED) is 0.321. The Balaban J connectivity index is 4.16. The molecule has 0 radical (unpaired) electrons. The van der Waals surface area contributed by atoms with Gasteiger partial charge in [0.15, 0.2) is 0 Å². The summed E-state index contributed by atoms with van der Waals surface area (Å²) in [4.78, 5) is 14.1. The Morgan fingerprint density at radius 2 is 1.07 bits per heavy atom. The van der Waals surface area contributed by atoms with Gasteiger partial charge in [0.1, 0.15) is 0 Å². The minimum atomic E-state index is -3.50. The summed E-state index contributed by atoms with van der Waals surface area (Å²) >= 11 is 0. The molecule has 0 aliphatic carbocycles. The van der Waals surface area contributed by atoms with Crippen molar-refractivity contribution in [2.75, 3.05) is 26.9 Å². The lowest BCUT2D eigenvalue weighted by molar-refractivity contribution is -0.383. The van der Waals surface area contributed by atoms with Crippen LogP contribution in [0.4, 0.5) is 0 Å². The van der Waals surface area contributed by atoms with E-state index in [4.69, 9.17) is 32.8 Å². The highest BCUT2D eigenvalue weighted by Gasteiger charge is 2.51. The van der Waals surface area contributed by atoms with Gasteiger partial charge in [-0.3, -0.25) is 0 Å². The van der Waals surface area contributed by atoms with Crippen LogP contribution in [0.5, 0.6) is 0 Å². The Morgan fingerprint density at radius 1 is 0.733 bits per heavy atom. The molecular weight excluding hydrogens is 224 g/mol. The molecule has 0 spiro atoms. The topological polar surface area (TPSA) is 64.6 Å². The summed E-state index contributed by atoms with van der Waals surface area (Å²) in [6.45, 7) is 6.21. The maximum atomic E-state index is 4.94.